The first-order chi connectivity index (χ1) is 6.42. The molecule has 3 nitrogen and oxygen atoms in total. The Morgan fingerprint density at radius 2 is 2.00 bits per heavy atom. The van der Waals surface area contributed by atoms with Crippen LogP contribution in [0.25, 0.3) is 5.69 Å². The molecule has 0 aliphatic heterocycles. The molecular weight excluding hydrogens is 162 g/mol. The van der Waals surface area contributed by atoms with Crippen LogP contribution in [-0.4, -0.2) is 9.55 Å². The van der Waals surface area contributed by atoms with Crippen molar-refractivity contribution >= 4 is 0 Å². The largest absolute Gasteiger partial charge is 0.291 e. The summed E-state index contributed by atoms with van der Waals surface area (Å²) in [5.41, 5.74) is 0.955. The summed E-state index contributed by atoms with van der Waals surface area (Å²) >= 11 is 0. The van der Waals surface area contributed by atoms with Crippen LogP contribution < -0.4 is 0 Å². The van der Waals surface area contributed by atoms with Gasteiger partial charge in [0.25, 0.3) is 0 Å². The smallest absolute Gasteiger partial charge is 0.217 e. The third-order valence-electron chi connectivity index (χ3n) is 1.78. The van der Waals surface area contributed by atoms with Crippen LogP contribution in [0.2, 0.25) is 0 Å². The lowest BCUT2D eigenvalue weighted by atomic mass is 10.3. The minimum Gasteiger partial charge on any atom is -0.291 e. The molecule has 0 atom stereocenters. The maximum absolute atomic E-state index is 8.74. The van der Waals surface area contributed by atoms with Crippen molar-refractivity contribution in [3.05, 3.63) is 48.5 Å². The second kappa shape index (κ2) is 3.11. The molecule has 0 aliphatic rings. The van der Waals surface area contributed by atoms with E-state index in [9.17, 15) is 0 Å². The Kier molecular flexibility index (Phi) is 1.81. The van der Waals surface area contributed by atoms with Crippen molar-refractivity contribution in [2.45, 2.75) is 0 Å². The average molecular weight is 169 g/mol. The van der Waals surface area contributed by atoms with Gasteiger partial charge < -0.3 is 0 Å². The van der Waals surface area contributed by atoms with Crippen LogP contribution in [0.15, 0.2) is 42.7 Å². The molecule has 2 rings (SSSR count). The van der Waals surface area contributed by atoms with Gasteiger partial charge in [-0.15, -0.1) is 0 Å². The summed E-state index contributed by atoms with van der Waals surface area (Å²) in [6, 6.07) is 11.7. The summed E-state index contributed by atoms with van der Waals surface area (Å²) in [5.74, 6) is 0.409. The van der Waals surface area contributed by atoms with Crippen LogP contribution in [0.4, 0.5) is 0 Å². The van der Waals surface area contributed by atoms with Crippen molar-refractivity contribution in [3.8, 4) is 11.8 Å². The molecular formula is C10H7N3. The van der Waals surface area contributed by atoms with Gasteiger partial charge in [-0.1, -0.05) is 18.2 Å². The highest BCUT2D eigenvalue weighted by Gasteiger charge is 2.01. The van der Waals surface area contributed by atoms with Crippen molar-refractivity contribution < 1.29 is 0 Å². The Labute approximate surface area is 75.9 Å². The van der Waals surface area contributed by atoms with Gasteiger partial charge in [-0.25, -0.2) is 4.98 Å². The molecule has 1 aromatic heterocycles. The number of benzene rings is 1. The van der Waals surface area contributed by atoms with Crippen LogP contribution in [0.5, 0.6) is 0 Å². The molecule has 0 spiro atoms. The molecule has 0 radical (unpaired) electrons. The summed E-state index contributed by atoms with van der Waals surface area (Å²) < 4.78 is 1.75. The summed E-state index contributed by atoms with van der Waals surface area (Å²) in [6.07, 6.45) is 3.39. The van der Waals surface area contributed by atoms with E-state index < -0.39 is 0 Å². The maximum atomic E-state index is 8.74. The van der Waals surface area contributed by atoms with Crippen molar-refractivity contribution in [2.75, 3.05) is 0 Å². The number of para-hydroxylation sites is 1. The summed E-state index contributed by atoms with van der Waals surface area (Å²) in [5, 5.41) is 8.74. The van der Waals surface area contributed by atoms with Crippen LogP contribution in [0.1, 0.15) is 5.82 Å². The standard InChI is InChI=1S/C10H7N3/c11-8-10-12-6-7-13(10)9-4-2-1-3-5-9/h1-7H. The molecule has 0 amide bonds. The minimum absolute atomic E-state index is 0.409. The average Bonchev–Trinajstić information content (AvgIpc) is 2.67. The summed E-state index contributed by atoms with van der Waals surface area (Å²) in [6.45, 7) is 0. The van der Waals surface area contributed by atoms with Gasteiger partial charge in [0.15, 0.2) is 0 Å². The summed E-state index contributed by atoms with van der Waals surface area (Å²) in [7, 11) is 0. The highest BCUT2D eigenvalue weighted by Crippen LogP contribution is 2.08. The zero-order chi connectivity index (χ0) is 9.10. The minimum atomic E-state index is 0.409. The van der Waals surface area contributed by atoms with Gasteiger partial charge in [0, 0.05) is 18.1 Å². The molecule has 1 heterocycles. The molecule has 13 heavy (non-hydrogen) atoms. The van der Waals surface area contributed by atoms with Crippen molar-refractivity contribution in [2.24, 2.45) is 0 Å². The lowest BCUT2D eigenvalue weighted by Gasteiger charge is -2.01. The van der Waals surface area contributed by atoms with Gasteiger partial charge in [-0.3, -0.25) is 4.57 Å². The number of nitriles is 1. The normalized spacial score (nSPS) is 9.46. The first-order valence-electron chi connectivity index (χ1n) is 3.90. The first kappa shape index (κ1) is 7.56. The van der Waals surface area contributed by atoms with E-state index in [1.807, 2.05) is 36.4 Å². The lowest BCUT2D eigenvalue weighted by molar-refractivity contribution is 1.02. The number of rotatable bonds is 1. The van der Waals surface area contributed by atoms with E-state index >= 15 is 0 Å². The Balaban J connectivity index is 2.54. The zero-order valence-electron chi connectivity index (χ0n) is 6.88. The molecule has 2 aromatic rings. The number of imidazole rings is 1. The highest BCUT2D eigenvalue weighted by molar-refractivity contribution is 5.35. The molecule has 0 aliphatic carbocycles. The van der Waals surface area contributed by atoms with Crippen molar-refractivity contribution in [1.82, 2.24) is 9.55 Å². The number of hydrogen-bond acceptors (Lipinski definition) is 2. The quantitative estimate of drug-likeness (QED) is 0.652. The molecule has 0 saturated carbocycles. The lowest BCUT2D eigenvalue weighted by Crippen LogP contribution is -1.95. The fourth-order valence-corrected chi connectivity index (χ4v) is 1.18. The second-order valence-corrected chi connectivity index (χ2v) is 2.57. The molecule has 3 heteroatoms. The van der Waals surface area contributed by atoms with E-state index in [0.717, 1.165) is 5.69 Å². The molecule has 0 saturated heterocycles. The molecule has 62 valence electrons. The Bertz CT molecular complexity index is 437. The number of nitrogens with zero attached hydrogens (tertiary/aromatic N) is 3. The van der Waals surface area contributed by atoms with Crippen LogP contribution >= 0.6 is 0 Å². The fourth-order valence-electron chi connectivity index (χ4n) is 1.18. The van der Waals surface area contributed by atoms with Crippen LogP contribution in [0, 0.1) is 11.3 Å². The highest BCUT2D eigenvalue weighted by atomic mass is 15.1. The number of hydrogen-bond donors (Lipinski definition) is 0. The van der Waals surface area contributed by atoms with Gasteiger partial charge in [-0.05, 0) is 12.1 Å². The SMILES string of the molecule is N#Cc1nccn1-c1ccccc1. The van der Waals surface area contributed by atoms with Gasteiger partial charge in [0.1, 0.15) is 6.07 Å². The summed E-state index contributed by atoms with van der Waals surface area (Å²) in [4.78, 5) is 3.91. The van der Waals surface area contributed by atoms with E-state index in [1.54, 1.807) is 17.0 Å². The van der Waals surface area contributed by atoms with Gasteiger partial charge in [0.05, 0.1) is 0 Å². The van der Waals surface area contributed by atoms with E-state index in [-0.39, 0.29) is 0 Å². The maximum Gasteiger partial charge on any atom is 0.217 e. The van der Waals surface area contributed by atoms with Gasteiger partial charge in [-0.2, -0.15) is 5.26 Å². The molecule has 0 fully saturated rings. The third-order valence-corrected chi connectivity index (χ3v) is 1.78. The second-order valence-electron chi connectivity index (χ2n) is 2.57. The predicted octanol–water partition coefficient (Wildman–Crippen LogP) is 1.74. The fraction of sp³-hybridized carbons (Fsp3) is 0. The van der Waals surface area contributed by atoms with E-state index in [1.165, 1.54) is 0 Å². The molecule has 0 unspecified atom stereocenters. The monoisotopic (exact) mass is 169 g/mol. The van der Waals surface area contributed by atoms with E-state index in [2.05, 4.69) is 4.98 Å². The van der Waals surface area contributed by atoms with Crippen LogP contribution in [0.3, 0.4) is 0 Å². The van der Waals surface area contributed by atoms with Crippen LogP contribution in [-0.2, 0) is 0 Å². The first-order valence-corrected chi connectivity index (χ1v) is 3.90. The Morgan fingerprint density at radius 3 is 2.69 bits per heavy atom. The third kappa shape index (κ3) is 1.30. The zero-order valence-corrected chi connectivity index (χ0v) is 6.88. The van der Waals surface area contributed by atoms with Crippen molar-refractivity contribution in [3.63, 3.8) is 0 Å². The molecule has 0 N–H and O–H groups in total. The van der Waals surface area contributed by atoms with Crippen molar-refractivity contribution in [1.29, 1.82) is 5.26 Å². The topological polar surface area (TPSA) is 41.6 Å². The number of aromatic nitrogens is 2. The van der Waals surface area contributed by atoms with Gasteiger partial charge >= 0.3 is 0 Å². The molecule has 0 bridgehead atoms. The van der Waals surface area contributed by atoms with E-state index in [4.69, 9.17) is 5.26 Å². The van der Waals surface area contributed by atoms with E-state index in [0.29, 0.717) is 5.82 Å². The Morgan fingerprint density at radius 1 is 1.23 bits per heavy atom. The Hall–Kier alpha value is -2.08. The predicted molar refractivity (Wildman–Crippen MR) is 48.3 cm³/mol. The molecule has 1 aromatic carbocycles. The van der Waals surface area contributed by atoms with Gasteiger partial charge in [0.2, 0.25) is 5.82 Å².